The molecule has 0 aromatic heterocycles. The molecule has 0 heterocycles. The van der Waals surface area contributed by atoms with Crippen molar-refractivity contribution in [1.29, 1.82) is 0 Å². The van der Waals surface area contributed by atoms with E-state index in [0.29, 0.717) is 13.2 Å². The van der Waals surface area contributed by atoms with E-state index in [2.05, 4.69) is 26.1 Å². The Morgan fingerprint density at radius 1 is 0.897 bits per heavy atom. The summed E-state index contributed by atoms with van der Waals surface area (Å²) in [5.41, 5.74) is 1.00. The second-order valence-corrected chi connectivity index (χ2v) is 21.9. The van der Waals surface area contributed by atoms with Gasteiger partial charge >= 0.3 is 177 Å². The van der Waals surface area contributed by atoms with Gasteiger partial charge in [-0.2, -0.15) is 0 Å². The zero-order valence-corrected chi connectivity index (χ0v) is 21.9. The van der Waals surface area contributed by atoms with Gasteiger partial charge in [0, 0.05) is 0 Å². The van der Waals surface area contributed by atoms with Gasteiger partial charge in [0.15, 0.2) is 0 Å². The van der Waals surface area contributed by atoms with Crippen molar-refractivity contribution in [1.82, 2.24) is 5.32 Å². The molecule has 1 aromatic rings. The molecule has 0 spiro atoms. The molecule has 5 heteroatoms. The van der Waals surface area contributed by atoms with Crippen molar-refractivity contribution in [3.8, 4) is 0 Å². The van der Waals surface area contributed by atoms with Crippen molar-refractivity contribution < 1.29 is 14.3 Å². The molecule has 4 nitrogen and oxygen atoms in total. The Morgan fingerprint density at radius 3 is 2.03 bits per heavy atom. The maximum absolute atomic E-state index is 11.8. The fraction of sp³-hybridized carbons (Fsp3) is 0.708. The van der Waals surface area contributed by atoms with E-state index in [0.717, 1.165) is 23.2 Å². The molecule has 0 fully saturated rings. The number of benzene rings is 1. The van der Waals surface area contributed by atoms with Crippen LogP contribution in [0.3, 0.4) is 0 Å². The third kappa shape index (κ3) is 12.5. The standard InChI is InChI=1S/C12H16NO3.3C4H9.Sn/c1-15-9-5-8-13-12(14)16-10-11-6-3-2-4-7-11;3*1-3-4-2;/h2-4,6-7H,1,5,8-10H2,(H,13,14);3*1,3-4H2,2H3;. The molecule has 1 rings (SSSR count). The average molecular weight is 512 g/mol. The fourth-order valence-electron chi connectivity index (χ4n) is 3.67. The molecular formula is C24H43NO3Sn. The summed E-state index contributed by atoms with van der Waals surface area (Å²) in [5, 5.41) is 2.83. The van der Waals surface area contributed by atoms with Crippen molar-refractivity contribution in [2.45, 2.75) is 85.6 Å². The summed E-state index contributed by atoms with van der Waals surface area (Å²) in [7, 11) is 0. The molecule has 0 atom stereocenters. The molecule has 0 saturated carbocycles. The second-order valence-electron chi connectivity index (χ2n) is 8.21. The van der Waals surface area contributed by atoms with Crippen molar-refractivity contribution >= 4 is 24.5 Å². The molecule has 1 N–H and O–H groups in total. The van der Waals surface area contributed by atoms with Gasteiger partial charge in [-0.3, -0.25) is 0 Å². The number of carbonyl (C=O) groups is 1. The Kier molecular flexibility index (Phi) is 15.4. The number of ether oxygens (including phenoxy) is 2. The summed E-state index contributed by atoms with van der Waals surface area (Å²) in [5.74, 6) is 0. The molecule has 0 radical (unpaired) electrons. The van der Waals surface area contributed by atoms with Gasteiger partial charge < -0.3 is 0 Å². The Bertz CT molecular complexity index is 502. The van der Waals surface area contributed by atoms with Gasteiger partial charge in [0.2, 0.25) is 0 Å². The number of carbonyl (C=O) groups excluding carboxylic acids is 1. The number of unbranched alkanes of at least 4 members (excludes halogenated alkanes) is 3. The molecule has 0 bridgehead atoms. The Labute approximate surface area is 183 Å². The van der Waals surface area contributed by atoms with Crippen LogP contribution >= 0.6 is 0 Å². The minimum absolute atomic E-state index is 0.312. The van der Waals surface area contributed by atoms with E-state index in [-0.39, 0.29) is 6.09 Å². The second kappa shape index (κ2) is 17.0. The molecule has 1 aromatic carbocycles. The fourth-order valence-corrected chi connectivity index (χ4v) is 18.1. The first kappa shape index (κ1) is 26.3. The molecule has 0 saturated heterocycles. The van der Waals surface area contributed by atoms with Crippen LogP contribution in [-0.2, 0) is 16.1 Å². The quantitative estimate of drug-likeness (QED) is 0.187. The normalized spacial score (nSPS) is 11.4. The van der Waals surface area contributed by atoms with Crippen LogP contribution in [0.2, 0.25) is 13.3 Å². The monoisotopic (exact) mass is 513 g/mol. The van der Waals surface area contributed by atoms with Gasteiger partial charge in [0.1, 0.15) is 0 Å². The SMILES string of the molecule is CCC[CH2][Sn]([CH2]CCC)([CH2]CCC)[CH2]OCCCNC(=O)OCc1ccccc1. The number of rotatable bonds is 17. The predicted octanol–water partition coefficient (Wildman–Crippen LogP) is 6.71. The van der Waals surface area contributed by atoms with Crippen LogP contribution in [0.4, 0.5) is 4.79 Å². The Morgan fingerprint density at radius 2 is 1.48 bits per heavy atom. The third-order valence-corrected chi connectivity index (χ3v) is 20.0. The molecule has 0 unspecified atom stereocenters. The first-order valence-corrected chi connectivity index (χ1v) is 19.8. The maximum atomic E-state index is 11.8. The van der Waals surface area contributed by atoms with E-state index >= 15 is 0 Å². The Balaban J connectivity index is 2.27. The summed E-state index contributed by atoms with van der Waals surface area (Å²) >= 11 is -2.18. The van der Waals surface area contributed by atoms with Crippen molar-refractivity contribution in [3.05, 3.63) is 35.9 Å². The van der Waals surface area contributed by atoms with E-state index in [1.54, 1.807) is 0 Å². The zero-order chi connectivity index (χ0) is 21.2. The van der Waals surface area contributed by atoms with Gasteiger partial charge in [-0.05, 0) is 0 Å². The van der Waals surface area contributed by atoms with Crippen molar-refractivity contribution in [2.75, 3.05) is 17.8 Å². The number of nitrogens with one attached hydrogen (secondary N) is 1. The molecule has 1 amide bonds. The molecule has 29 heavy (non-hydrogen) atoms. The topological polar surface area (TPSA) is 47.6 Å². The number of hydrogen-bond donors (Lipinski definition) is 1. The Hall–Kier alpha value is -0.751. The zero-order valence-electron chi connectivity index (χ0n) is 19.0. The van der Waals surface area contributed by atoms with Gasteiger partial charge in [-0.15, -0.1) is 0 Å². The van der Waals surface area contributed by atoms with E-state index in [1.807, 2.05) is 30.3 Å². The van der Waals surface area contributed by atoms with Crippen LogP contribution < -0.4 is 5.32 Å². The van der Waals surface area contributed by atoms with Crippen LogP contribution in [0.1, 0.15) is 71.3 Å². The van der Waals surface area contributed by atoms with E-state index in [9.17, 15) is 4.79 Å². The molecule has 0 aliphatic heterocycles. The summed E-state index contributed by atoms with van der Waals surface area (Å²) < 4.78 is 17.0. The van der Waals surface area contributed by atoms with Gasteiger partial charge in [0.05, 0.1) is 0 Å². The molecule has 0 aliphatic carbocycles. The van der Waals surface area contributed by atoms with E-state index < -0.39 is 18.4 Å². The van der Waals surface area contributed by atoms with Crippen LogP contribution in [0, 0.1) is 0 Å². The van der Waals surface area contributed by atoms with Gasteiger partial charge in [0.25, 0.3) is 0 Å². The first-order chi connectivity index (χ1) is 14.2. The number of alkyl carbamates (subject to hydrolysis) is 1. The molecule has 0 aliphatic rings. The molecule has 166 valence electrons. The minimum atomic E-state index is -2.18. The summed E-state index contributed by atoms with van der Waals surface area (Å²) in [4.78, 5) is 11.8. The first-order valence-electron chi connectivity index (χ1n) is 11.7. The van der Waals surface area contributed by atoms with Gasteiger partial charge in [-0.1, -0.05) is 6.07 Å². The van der Waals surface area contributed by atoms with Crippen LogP contribution in [0.5, 0.6) is 0 Å². The predicted molar refractivity (Wildman–Crippen MR) is 125 cm³/mol. The summed E-state index contributed by atoms with van der Waals surface area (Å²) in [6, 6.07) is 9.75. The number of hydrogen-bond acceptors (Lipinski definition) is 3. The van der Waals surface area contributed by atoms with Crippen LogP contribution in [0.15, 0.2) is 30.3 Å². The van der Waals surface area contributed by atoms with Crippen LogP contribution in [0.25, 0.3) is 0 Å². The van der Waals surface area contributed by atoms with Crippen molar-refractivity contribution in [3.63, 3.8) is 0 Å². The van der Waals surface area contributed by atoms with E-state index in [1.165, 1.54) is 51.8 Å². The third-order valence-electron chi connectivity index (χ3n) is 5.54. The van der Waals surface area contributed by atoms with Crippen molar-refractivity contribution in [2.24, 2.45) is 0 Å². The van der Waals surface area contributed by atoms with E-state index in [4.69, 9.17) is 9.47 Å². The van der Waals surface area contributed by atoms with Crippen LogP contribution in [-0.4, -0.2) is 42.2 Å². The average Bonchev–Trinajstić information content (AvgIpc) is 2.76. The molecular weight excluding hydrogens is 469 g/mol. The van der Waals surface area contributed by atoms with Gasteiger partial charge in [-0.25, -0.2) is 0 Å². The summed E-state index contributed by atoms with van der Waals surface area (Å²) in [6.45, 7) is 8.57. The number of amides is 1. The summed E-state index contributed by atoms with van der Waals surface area (Å²) in [6.07, 6.45) is 8.52.